The van der Waals surface area contributed by atoms with E-state index in [0.717, 1.165) is 5.56 Å². The van der Waals surface area contributed by atoms with Crippen LogP contribution in [-0.4, -0.2) is 28.8 Å². The zero-order chi connectivity index (χ0) is 18.5. The summed E-state index contributed by atoms with van der Waals surface area (Å²) in [6.07, 6.45) is -0.309. The van der Waals surface area contributed by atoms with Crippen molar-refractivity contribution in [3.63, 3.8) is 0 Å². The number of rotatable bonds is 5. The molecule has 0 aliphatic heterocycles. The summed E-state index contributed by atoms with van der Waals surface area (Å²) in [5.74, 6) is -0.956. The first-order valence-corrected chi connectivity index (χ1v) is 8.17. The third-order valence-corrected chi connectivity index (χ3v) is 3.44. The van der Waals surface area contributed by atoms with Gasteiger partial charge in [-0.3, -0.25) is 4.79 Å². The maximum Gasteiger partial charge on any atom is 0.407 e. The minimum atomic E-state index is -0.956. The van der Waals surface area contributed by atoms with Crippen molar-refractivity contribution in [1.82, 2.24) is 5.32 Å². The first kappa shape index (κ1) is 20.0. The van der Waals surface area contributed by atoms with E-state index in [1.807, 2.05) is 24.3 Å². The Morgan fingerprint density at radius 1 is 1.08 bits per heavy atom. The summed E-state index contributed by atoms with van der Waals surface area (Å²) < 4.78 is 5.21. The Bertz CT molecular complexity index is 565. The molecule has 1 aromatic carbocycles. The summed E-state index contributed by atoms with van der Waals surface area (Å²) in [6, 6.07) is 7.53. The summed E-state index contributed by atoms with van der Waals surface area (Å²) in [5.41, 5.74) is 1.63. The van der Waals surface area contributed by atoms with E-state index in [9.17, 15) is 9.59 Å². The van der Waals surface area contributed by atoms with Gasteiger partial charge in [-0.05, 0) is 43.7 Å². The number of amides is 1. The number of aliphatic carboxylic acids is 1. The van der Waals surface area contributed by atoms with E-state index >= 15 is 0 Å². The zero-order valence-corrected chi connectivity index (χ0v) is 15.5. The summed E-state index contributed by atoms with van der Waals surface area (Å²) in [5, 5.41) is 11.7. The average Bonchev–Trinajstić information content (AvgIpc) is 2.34. The molecule has 5 nitrogen and oxygen atoms in total. The Morgan fingerprint density at radius 2 is 1.62 bits per heavy atom. The Kier molecular flexibility index (Phi) is 6.41. The van der Waals surface area contributed by atoms with Crippen molar-refractivity contribution in [3.8, 4) is 0 Å². The van der Waals surface area contributed by atoms with E-state index in [-0.39, 0.29) is 11.8 Å². The van der Waals surface area contributed by atoms with E-state index in [2.05, 4.69) is 26.1 Å². The first-order chi connectivity index (χ1) is 10.9. The number of carbonyl (C=O) groups excluding carboxylic acids is 1. The number of benzene rings is 1. The summed E-state index contributed by atoms with van der Waals surface area (Å²) >= 11 is 0. The fourth-order valence-corrected chi connectivity index (χ4v) is 2.28. The third-order valence-electron chi connectivity index (χ3n) is 3.44. The molecule has 24 heavy (non-hydrogen) atoms. The fourth-order valence-electron chi connectivity index (χ4n) is 2.28. The zero-order valence-electron chi connectivity index (χ0n) is 15.5. The van der Waals surface area contributed by atoms with Crippen molar-refractivity contribution >= 4 is 12.1 Å². The molecule has 0 unspecified atom stereocenters. The lowest BCUT2D eigenvalue weighted by molar-refractivity contribution is -0.137. The van der Waals surface area contributed by atoms with Gasteiger partial charge in [-0.15, -0.1) is 0 Å². The van der Waals surface area contributed by atoms with E-state index in [1.54, 1.807) is 20.8 Å². The summed E-state index contributed by atoms with van der Waals surface area (Å²) in [6.45, 7) is 11.7. The molecular formula is C19H29NO4. The average molecular weight is 335 g/mol. The van der Waals surface area contributed by atoms with Crippen LogP contribution in [0.3, 0.4) is 0 Å². The van der Waals surface area contributed by atoms with Crippen molar-refractivity contribution < 1.29 is 19.4 Å². The van der Waals surface area contributed by atoms with Crippen LogP contribution in [-0.2, 0) is 21.4 Å². The van der Waals surface area contributed by atoms with Gasteiger partial charge in [0.1, 0.15) is 5.60 Å². The number of nitrogens with one attached hydrogen (secondary N) is 1. The molecule has 1 amide bonds. The molecule has 1 aromatic rings. The highest BCUT2D eigenvalue weighted by atomic mass is 16.6. The van der Waals surface area contributed by atoms with E-state index in [0.29, 0.717) is 6.42 Å². The van der Waals surface area contributed by atoms with Gasteiger partial charge in [-0.25, -0.2) is 4.79 Å². The van der Waals surface area contributed by atoms with Gasteiger partial charge in [0, 0.05) is 6.04 Å². The number of carboxylic acid groups (broad SMARTS) is 1. The second-order valence-corrected chi connectivity index (χ2v) is 8.09. The predicted octanol–water partition coefficient (Wildman–Crippen LogP) is 3.89. The van der Waals surface area contributed by atoms with Crippen LogP contribution >= 0.6 is 0 Å². The summed E-state index contributed by atoms with van der Waals surface area (Å²) in [4.78, 5) is 23.0. The molecule has 0 saturated carbocycles. The number of hydrogen-bond acceptors (Lipinski definition) is 3. The Balaban J connectivity index is 2.79. The molecule has 0 radical (unpaired) electrons. The molecule has 0 bridgehead atoms. The SMILES string of the molecule is CC(C)(C)OC(=O)N[C@@H](CC(=O)O)Cc1ccc(C(C)(C)C)cc1. The highest BCUT2D eigenvalue weighted by Crippen LogP contribution is 2.22. The van der Waals surface area contributed by atoms with Gasteiger partial charge < -0.3 is 15.2 Å². The molecule has 1 rings (SSSR count). The molecule has 5 heteroatoms. The monoisotopic (exact) mass is 335 g/mol. The number of carboxylic acids is 1. The van der Waals surface area contributed by atoms with Gasteiger partial charge in [0.15, 0.2) is 0 Å². The third kappa shape index (κ3) is 7.49. The Hall–Kier alpha value is -2.04. The Morgan fingerprint density at radius 3 is 2.04 bits per heavy atom. The van der Waals surface area contributed by atoms with E-state index in [1.165, 1.54) is 5.56 Å². The lowest BCUT2D eigenvalue weighted by atomic mass is 9.86. The van der Waals surface area contributed by atoms with Gasteiger partial charge in [0.05, 0.1) is 6.42 Å². The van der Waals surface area contributed by atoms with Gasteiger partial charge in [-0.2, -0.15) is 0 Å². The normalized spacial score (nSPS) is 13.2. The topological polar surface area (TPSA) is 75.6 Å². The molecule has 0 aromatic heterocycles. The number of hydrogen-bond donors (Lipinski definition) is 2. The highest BCUT2D eigenvalue weighted by Gasteiger charge is 2.22. The van der Waals surface area contributed by atoms with E-state index < -0.39 is 23.7 Å². The molecule has 0 spiro atoms. The Labute approximate surface area is 144 Å². The van der Waals surface area contributed by atoms with Crippen molar-refractivity contribution in [2.24, 2.45) is 0 Å². The maximum absolute atomic E-state index is 11.9. The number of carbonyl (C=O) groups is 2. The molecule has 0 aliphatic rings. The fraction of sp³-hybridized carbons (Fsp3) is 0.579. The lowest BCUT2D eigenvalue weighted by Gasteiger charge is -2.23. The van der Waals surface area contributed by atoms with Crippen molar-refractivity contribution in [3.05, 3.63) is 35.4 Å². The van der Waals surface area contributed by atoms with Gasteiger partial charge in [0.2, 0.25) is 0 Å². The molecule has 0 heterocycles. The van der Waals surface area contributed by atoms with Crippen LogP contribution < -0.4 is 5.32 Å². The smallest absolute Gasteiger partial charge is 0.407 e. The first-order valence-electron chi connectivity index (χ1n) is 8.17. The minimum absolute atomic E-state index is 0.0633. The molecular weight excluding hydrogens is 306 g/mol. The van der Waals surface area contributed by atoms with Crippen LogP contribution in [0.4, 0.5) is 4.79 Å². The van der Waals surface area contributed by atoms with Crippen LogP contribution in [0.5, 0.6) is 0 Å². The molecule has 0 saturated heterocycles. The van der Waals surface area contributed by atoms with Gasteiger partial charge in [0.25, 0.3) is 0 Å². The second kappa shape index (κ2) is 7.69. The molecule has 1 atom stereocenters. The maximum atomic E-state index is 11.9. The van der Waals surface area contributed by atoms with Crippen LogP contribution in [0.2, 0.25) is 0 Å². The van der Waals surface area contributed by atoms with Crippen LogP contribution in [0.1, 0.15) is 59.1 Å². The summed E-state index contributed by atoms with van der Waals surface area (Å²) in [7, 11) is 0. The van der Waals surface area contributed by atoms with Crippen molar-refractivity contribution in [1.29, 1.82) is 0 Å². The number of ether oxygens (including phenoxy) is 1. The molecule has 0 fully saturated rings. The van der Waals surface area contributed by atoms with Crippen LogP contribution in [0.15, 0.2) is 24.3 Å². The molecule has 0 aliphatic carbocycles. The van der Waals surface area contributed by atoms with Crippen LogP contribution in [0, 0.1) is 0 Å². The van der Waals surface area contributed by atoms with E-state index in [4.69, 9.17) is 9.84 Å². The minimum Gasteiger partial charge on any atom is -0.481 e. The van der Waals surface area contributed by atoms with Crippen molar-refractivity contribution in [2.45, 2.75) is 71.4 Å². The van der Waals surface area contributed by atoms with Gasteiger partial charge >= 0.3 is 12.1 Å². The predicted molar refractivity (Wildman–Crippen MR) is 94.3 cm³/mol. The van der Waals surface area contributed by atoms with Crippen molar-refractivity contribution in [2.75, 3.05) is 0 Å². The van der Waals surface area contributed by atoms with Gasteiger partial charge in [-0.1, -0.05) is 45.0 Å². The largest absolute Gasteiger partial charge is 0.481 e. The number of alkyl carbamates (subject to hydrolysis) is 1. The standard InChI is InChI=1S/C19H29NO4/c1-18(2,3)14-9-7-13(8-10-14)11-15(12-16(21)22)20-17(23)24-19(4,5)6/h7-10,15H,11-12H2,1-6H3,(H,20,23)(H,21,22)/t15-/m1/s1. The molecule has 134 valence electrons. The quantitative estimate of drug-likeness (QED) is 0.856. The lowest BCUT2D eigenvalue weighted by Crippen LogP contribution is -2.41. The highest BCUT2D eigenvalue weighted by molar-refractivity contribution is 5.71. The second-order valence-electron chi connectivity index (χ2n) is 8.09. The molecule has 2 N–H and O–H groups in total. The van der Waals surface area contributed by atoms with Crippen LogP contribution in [0.25, 0.3) is 0 Å².